The number of benzene rings is 1. The van der Waals surface area contributed by atoms with Crippen LogP contribution < -0.4 is 5.32 Å². The minimum atomic E-state index is -0.212. The fraction of sp³-hybridized carbons (Fsp3) is 0.250. The first-order valence-electron chi connectivity index (χ1n) is 10.3. The first-order chi connectivity index (χ1) is 15.1. The van der Waals surface area contributed by atoms with Crippen molar-refractivity contribution in [2.45, 2.75) is 39.2 Å². The molecule has 3 heterocycles. The molecule has 0 fully saturated rings. The van der Waals surface area contributed by atoms with Crippen molar-refractivity contribution in [2.24, 2.45) is 0 Å². The number of nitrogens with one attached hydrogen (secondary N) is 1. The first kappa shape index (κ1) is 21.3. The molecule has 0 aliphatic carbocycles. The molecule has 1 amide bonds. The zero-order valence-electron chi connectivity index (χ0n) is 17.7. The maximum absolute atomic E-state index is 13.2. The number of hydrogen-bond donors (Lipinski definition) is 1. The third kappa shape index (κ3) is 4.73. The second kappa shape index (κ2) is 9.49. The highest BCUT2D eigenvalue weighted by molar-refractivity contribution is 7.17. The Morgan fingerprint density at radius 1 is 1.06 bits per heavy atom. The number of thiophene rings is 1. The Kier molecular flexibility index (Phi) is 6.53. The molecule has 7 heteroatoms. The summed E-state index contributed by atoms with van der Waals surface area (Å²) in [7, 11) is 0. The number of carbonyl (C=O) groups is 1. The number of amides is 1. The molecule has 0 saturated heterocycles. The molecule has 3 aromatic heterocycles. The summed E-state index contributed by atoms with van der Waals surface area (Å²) in [4.78, 5) is 27.9. The van der Waals surface area contributed by atoms with Crippen LogP contribution in [0.2, 0.25) is 0 Å². The number of aryl methyl sites for hydroxylation is 1. The SMILES string of the molecule is CCC(C)c1ccc(C(NC(=O)c2sc(-c3ncccn3)nc2C)c2cccs2)cc1. The van der Waals surface area contributed by atoms with E-state index < -0.39 is 0 Å². The highest BCUT2D eigenvalue weighted by Crippen LogP contribution is 2.30. The van der Waals surface area contributed by atoms with Crippen LogP contribution in [-0.2, 0) is 0 Å². The molecule has 0 saturated carbocycles. The second-order valence-electron chi connectivity index (χ2n) is 7.40. The largest absolute Gasteiger partial charge is 0.340 e. The van der Waals surface area contributed by atoms with Gasteiger partial charge in [0.15, 0.2) is 10.8 Å². The summed E-state index contributed by atoms with van der Waals surface area (Å²) in [6.45, 7) is 6.27. The Morgan fingerprint density at radius 2 is 1.77 bits per heavy atom. The van der Waals surface area contributed by atoms with E-state index in [0.29, 0.717) is 27.3 Å². The molecule has 1 N–H and O–H groups in total. The molecule has 0 bridgehead atoms. The number of nitrogens with zero attached hydrogens (tertiary/aromatic N) is 3. The van der Waals surface area contributed by atoms with Crippen LogP contribution in [0.5, 0.6) is 0 Å². The van der Waals surface area contributed by atoms with Crippen LogP contribution in [0.3, 0.4) is 0 Å². The topological polar surface area (TPSA) is 67.8 Å². The third-order valence-corrected chi connectivity index (χ3v) is 7.40. The van der Waals surface area contributed by atoms with E-state index in [9.17, 15) is 4.79 Å². The molecule has 4 aromatic rings. The van der Waals surface area contributed by atoms with Crippen molar-refractivity contribution in [1.29, 1.82) is 0 Å². The molecule has 0 aliphatic rings. The number of thiazole rings is 1. The Bertz CT molecular complexity index is 1140. The summed E-state index contributed by atoms with van der Waals surface area (Å²) in [5.74, 6) is 0.911. The molecular weight excluding hydrogens is 424 g/mol. The summed E-state index contributed by atoms with van der Waals surface area (Å²) >= 11 is 2.96. The van der Waals surface area contributed by atoms with E-state index in [-0.39, 0.29) is 11.9 Å². The molecular formula is C24H24N4OS2. The van der Waals surface area contributed by atoms with Crippen LogP contribution in [0.15, 0.2) is 60.2 Å². The van der Waals surface area contributed by atoms with E-state index in [1.165, 1.54) is 16.9 Å². The summed E-state index contributed by atoms with van der Waals surface area (Å²) in [5.41, 5.74) is 3.06. The molecule has 0 aliphatic heterocycles. The van der Waals surface area contributed by atoms with Gasteiger partial charge in [0, 0.05) is 17.3 Å². The van der Waals surface area contributed by atoms with Crippen molar-refractivity contribution in [2.75, 3.05) is 0 Å². The molecule has 2 unspecified atom stereocenters. The van der Waals surface area contributed by atoms with Gasteiger partial charge in [0.05, 0.1) is 11.7 Å². The van der Waals surface area contributed by atoms with Gasteiger partial charge in [0.25, 0.3) is 5.91 Å². The van der Waals surface area contributed by atoms with Crippen molar-refractivity contribution in [3.8, 4) is 10.8 Å². The lowest BCUT2D eigenvalue weighted by atomic mass is 9.95. The zero-order chi connectivity index (χ0) is 21.8. The van der Waals surface area contributed by atoms with Crippen LogP contribution in [0.1, 0.15) is 63.6 Å². The van der Waals surface area contributed by atoms with Gasteiger partial charge in [-0.25, -0.2) is 15.0 Å². The lowest BCUT2D eigenvalue weighted by Gasteiger charge is -2.19. The van der Waals surface area contributed by atoms with Gasteiger partial charge in [-0.05, 0) is 47.9 Å². The average molecular weight is 449 g/mol. The van der Waals surface area contributed by atoms with E-state index in [0.717, 1.165) is 16.9 Å². The van der Waals surface area contributed by atoms with Gasteiger partial charge in [-0.2, -0.15) is 0 Å². The number of rotatable bonds is 7. The Labute approximate surface area is 190 Å². The van der Waals surface area contributed by atoms with Gasteiger partial charge in [-0.1, -0.05) is 44.2 Å². The molecule has 1 aromatic carbocycles. The fourth-order valence-electron chi connectivity index (χ4n) is 3.34. The van der Waals surface area contributed by atoms with Crippen LogP contribution >= 0.6 is 22.7 Å². The minimum Gasteiger partial charge on any atom is -0.340 e. The van der Waals surface area contributed by atoms with E-state index in [1.54, 1.807) is 29.8 Å². The minimum absolute atomic E-state index is 0.137. The van der Waals surface area contributed by atoms with Gasteiger partial charge in [-0.3, -0.25) is 4.79 Å². The van der Waals surface area contributed by atoms with Gasteiger partial charge in [0.1, 0.15) is 4.88 Å². The van der Waals surface area contributed by atoms with Crippen LogP contribution in [0.25, 0.3) is 10.8 Å². The zero-order valence-corrected chi connectivity index (χ0v) is 19.3. The van der Waals surface area contributed by atoms with Gasteiger partial charge in [0.2, 0.25) is 0 Å². The number of hydrogen-bond acceptors (Lipinski definition) is 6. The van der Waals surface area contributed by atoms with E-state index >= 15 is 0 Å². The lowest BCUT2D eigenvalue weighted by molar-refractivity contribution is 0.0947. The molecule has 5 nitrogen and oxygen atoms in total. The smallest absolute Gasteiger partial charge is 0.264 e. The van der Waals surface area contributed by atoms with Crippen LogP contribution in [0.4, 0.5) is 0 Å². The van der Waals surface area contributed by atoms with Gasteiger partial charge in [-0.15, -0.1) is 22.7 Å². The standard InChI is InChI=1S/C24H24N4OS2/c1-4-15(2)17-8-10-18(11-9-17)20(19-7-5-14-30-19)28-23(29)21-16(3)27-24(31-21)22-25-12-6-13-26-22/h5-15,20H,4H2,1-3H3,(H,28,29). The molecule has 4 rings (SSSR count). The van der Waals surface area contributed by atoms with Crippen molar-refractivity contribution in [1.82, 2.24) is 20.3 Å². The fourth-order valence-corrected chi connectivity index (χ4v) is 5.06. The average Bonchev–Trinajstić information content (AvgIpc) is 3.47. The van der Waals surface area contributed by atoms with Crippen molar-refractivity contribution in [3.05, 3.63) is 86.8 Å². The molecule has 0 spiro atoms. The molecule has 2 atom stereocenters. The van der Waals surface area contributed by atoms with Crippen molar-refractivity contribution < 1.29 is 4.79 Å². The second-order valence-corrected chi connectivity index (χ2v) is 9.38. The maximum atomic E-state index is 13.2. The Morgan fingerprint density at radius 3 is 2.42 bits per heavy atom. The lowest BCUT2D eigenvalue weighted by Crippen LogP contribution is -2.28. The van der Waals surface area contributed by atoms with Crippen LogP contribution in [-0.4, -0.2) is 20.9 Å². The highest BCUT2D eigenvalue weighted by atomic mass is 32.1. The molecule has 158 valence electrons. The summed E-state index contributed by atoms with van der Waals surface area (Å²) < 4.78 is 0. The predicted molar refractivity (Wildman–Crippen MR) is 127 cm³/mol. The predicted octanol–water partition coefficient (Wildman–Crippen LogP) is 6.00. The quantitative estimate of drug-likeness (QED) is 0.376. The number of aromatic nitrogens is 3. The van der Waals surface area contributed by atoms with Crippen molar-refractivity contribution >= 4 is 28.6 Å². The monoisotopic (exact) mass is 448 g/mol. The molecule has 0 radical (unpaired) electrons. The van der Waals surface area contributed by atoms with E-state index in [1.807, 2.05) is 18.4 Å². The van der Waals surface area contributed by atoms with E-state index in [4.69, 9.17) is 0 Å². The van der Waals surface area contributed by atoms with E-state index in [2.05, 4.69) is 64.4 Å². The summed E-state index contributed by atoms with van der Waals surface area (Å²) in [6, 6.07) is 14.2. The maximum Gasteiger partial charge on any atom is 0.264 e. The summed E-state index contributed by atoms with van der Waals surface area (Å²) in [6.07, 6.45) is 4.45. The van der Waals surface area contributed by atoms with Crippen LogP contribution in [0, 0.1) is 6.92 Å². The Balaban J connectivity index is 1.61. The molecule has 31 heavy (non-hydrogen) atoms. The highest BCUT2D eigenvalue weighted by Gasteiger charge is 2.23. The third-order valence-electron chi connectivity index (χ3n) is 5.31. The van der Waals surface area contributed by atoms with Gasteiger partial charge >= 0.3 is 0 Å². The summed E-state index contributed by atoms with van der Waals surface area (Å²) in [5, 5.41) is 5.90. The Hall–Kier alpha value is -2.90. The van der Waals surface area contributed by atoms with Gasteiger partial charge < -0.3 is 5.32 Å². The van der Waals surface area contributed by atoms with Crippen molar-refractivity contribution in [3.63, 3.8) is 0 Å². The first-order valence-corrected chi connectivity index (χ1v) is 11.9. The normalized spacial score (nSPS) is 13.0. The number of carbonyl (C=O) groups excluding carboxylic acids is 1.